The molecule has 2 rings (SSSR count). The highest BCUT2D eigenvalue weighted by Crippen LogP contribution is 2.21. The molecule has 0 unspecified atom stereocenters. The van der Waals surface area contributed by atoms with E-state index in [-0.39, 0.29) is 5.91 Å². The summed E-state index contributed by atoms with van der Waals surface area (Å²) in [5, 5.41) is 11.8. The molecule has 0 heterocycles. The number of nitrogens with one attached hydrogen (secondary N) is 1. The second-order valence-electron chi connectivity index (χ2n) is 5.32. The van der Waals surface area contributed by atoms with Gasteiger partial charge >= 0.3 is 0 Å². The Hall–Kier alpha value is -2.60. The molecule has 0 aliphatic carbocycles. The smallest absolute Gasteiger partial charge is 0.224 e. The topological polar surface area (TPSA) is 52.9 Å². The van der Waals surface area contributed by atoms with E-state index < -0.39 is 0 Å². The fourth-order valence-corrected chi connectivity index (χ4v) is 2.41. The molecule has 3 nitrogen and oxygen atoms in total. The van der Waals surface area contributed by atoms with Gasteiger partial charge in [0.15, 0.2) is 0 Å². The number of nitriles is 1. The molecule has 0 bridgehead atoms. The maximum Gasteiger partial charge on any atom is 0.224 e. The van der Waals surface area contributed by atoms with Crippen molar-refractivity contribution >= 4 is 11.6 Å². The molecule has 1 amide bonds. The number of nitrogens with zero attached hydrogens (tertiary/aromatic N) is 1. The van der Waals surface area contributed by atoms with Crippen LogP contribution in [0.5, 0.6) is 0 Å². The van der Waals surface area contributed by atoms with Crippen molar-refractivity contribution in [2.24, 2.45) is 0 Å². The van der Waals surface area contributed by atoms with E-state index in [2.05, 4.69) is 18.3 Å². The van der Waals surface area contributed by atoms with Gasteiger partial charge < -0.3 is 5.32 Å². The van der Waals surface area contributed by atoms with Gasteiger partial charge in [-0.3, -0.25) is 4.79 Å². The molecule has 0 aliphatic rings. The number of rotatable bonds is 5. The van der Waals surface area contributed by atoms with Gasteiger partial charge in [0.2, 0.25) is 5.91 Å². The Morgan fingerprint density at radius 1 is 1.18 bits per heavy atom. The first kappa shape index (κ1) is 15.8. The van der Waals surface area contributed by atoms with E-state index in [0.717, 1.165) is 28.8 Å². The summed E-state index contributed by atoms with van der Waals surface area (Å²) in [5.41, 5.74) is 4.89. The number of carbonyl (C=O) groups is 1. The first-order valence-electron chi connectivity index (χ1n) is 7.51. The molecule has 1 N–H and O–H groups in total. The Kier molecular flexibility index (Phi) is 5.32. The standard InChI is InChI=1S/C19H20N2O/c1-3-17-6-4-5-14(2)19(17)21-18(22)12-11-15-7-9-16(13-20)10-8-15/h4-10H,3,11-12H2,1-2H3,(H,21,22). The van der Waals surface area contributed by atoms with Crippen molar-refractivity contribution in [1.29, 1.82) is 5.26 Å². The number of hydrogen-bond donors (Lipinski definition) is 1. The summed E-state index contributed by atoms with van der Waals surface area (Å²) in [5.74, 6) is 0.0216. The zero-order valence-corrected chi connectivity index (χ0v) is 13.0. The lowest BCUT2D eigenvalue weighted by Gasteiger charge is -2.13. The van der Waals surface area contributed by atoms with Crippen LogP contribution in [0.1, 0.15) is 35.6 Å². The van der Waals surface area contributed by atoms with E-state index in [1.807, 2.05) is 37.3 Å². The molecule has 22 heavy (non-hydrogen) atoms. The van der Waals surface area contributed by atoms with Crippen LogP contribution in [0.2, 0.25) is 0 Å². The molecule has 0 saturated carbocycles. The molecule has 0 saturated heterocycles. The molecular weight excluding hydrogens is 272 g/mol. The van der Waals surface area contributed by atoms with Gasteiger partial charge in [-0.2, -0.15) is 5.26 Å². The first-order valence-corrected chi connectivity index (χ1v) is 7.51. The van der Waals surface area contributed by atoms with Crippen molar-refractivity contribution in [2.75, 3.05) is 5.32 Å². The third kappa shape index (κ3) is 3.95. The third-order valence-corrected chi connectivity index (χ3v) is 3.73. The van der Waals surface area contributed by atoms with Gasteiger partial charge in [-0.1, -0.05) is 37.3 Å². The molecular formula is C19H20N2O. The molecule has 0 fully saturated rings. The van der Waals surface area contributed by atoms with E-state index in [0.29, 0.717) is 18.4 Å². The van der Waals surface area contributed by atoms with Crippen molar-refractivity contribution in [3.8, 4) is 6.07 Å². The zero-order chi connectivity index (χ0) is 15.9. The summed E-state index contributed by atoms with van der Waals surface area (Å²) >= 11 is 0. The van der Waals surface area contributed by atoms with Gasteiger partial charge in [0, 0.05) is 12.1 Å². The van der Waals surface area contributed by atoms with E-state index >= 15 is 0 Å². The summed E-state index contributed by atoms with van der Waals surface area (Å²) in [4.78, 5) is 12.2. The Bertz CT molecular complexity index is 696. The molecule has 0 aliphatic heterocycles. The zero-order valence-electron chi connectivity index (χ0n) is 13.0. The number of hydrogen-bond acceptors (Lipinski definition) is 2. The van der Waals surface area contributed by atoms with Crippen LogP contribution < -0.4 is 5.32 Å². The Balaban J connectivity index is 1.97. The third-order valence-electron chi connectivity index (χ3n) is 3.73. The van der Waals surface area contributed by atoms with Gasteiger partial charge in [0.25, 0.3) is 0 Å². The van der Waals surface area contributed by atoms with Crippen LogP contribution in [0.3, 0.4) is 0 Å². The number of aryl methyl sites for hydroxylation is 3. The highest BCUT2D eigenvalue weighted by atomic mass is 16.1. The van der Waals surface area contributed by atoms with Crippen LogP contribution in [0, 0.1) is 18.3 Å². The molecule has 0 radical (unpaired) electrons. The number of para-hydroxylation sites is 1. The molecule has 2 aromatic rings. The van der Waals surface area contributed by atoms with Crippen LogP contribution in [0.4, 0.5) is 5.69 Å². The Labute approximate surface area is 131 Å². The van der Waals surface area contributed by atoms with Gasteiger partial charge in [0.1, 0.15) is 0 Å². The lowest BCUT2D eigenvalue weighted by Crippen LogP contribution is -2.14. The van der Waals surface area contributed by atoms with Crippen molar-refractivity contribution in [3.05, 3.63) is 64.7 Å². The molecule has 0 aromatic heterocycles. The number of anilines is 1. The van der Waals surface area contributed by atoms with Gasteiger partial charge in [-0.25, -0.2) is 0 Å². The van der Waals surface area contributed by atoms with Gasteiger partial charge in [-0.15, -0.1) is 0 Å². The van der Waals surface area contributed by atoms with E-state index in [9.17, 15) is 4.79 Å². The fourth-order valence-electron chi connectivity index (χ4n) is 2.41. The molecule has 3 heteroatoms. The van der Waals surface area contributed by atoms with Crippen LogP contribution in [0.25, 0.3) is 0 Å². The van der Waals surface area contributed by atoms with Crippen LogP contribution in [0.15, 0.2) is 42.5 Å². The van der Waals surface area contributed by atoms with Crippen LogP contribution in [-0.2, 0) is 17.6 Å². The Morgan fingerprint density at radius 3 is 2.55 bits per heavy atom. The summed E-state index contributed by atoms with van der Waals surface area (Å²) in [6.45, 7) is 4.09. The minimum Gasteiger partial charge on any atom is -0.326 e. The van der Waals surface area contributed by atoms with Crippen molar-refractivity contribution in [2.45, 2.75) is 33.1 Å². The SMILES string of the molecule is CCc1cccc(C)c1NC(=O)CCc1ccc(C#N)cc1. The maximum absolute atomic E-state index is 12.2. The Morgan fingerprint density at radius 2 is 1.91 bits per heavy atom. The largest absolute Gasteiger partial charge is 0.326 e. The van der Waals surface area contributed by atoms with Crippen molar-refractivity contribution in [3.63, 3.8) is 0 Å². The lowest BCUT2D eigenvalue weighted by molar-refractivity contribution is -0.116. The predicted molar refractivity (Wildman–Crippen MR) is 88.7 cm³/mol. The molecule has 112 valence electrons. The molecule has 0 spiro atoms. The summed E-state index contributed by atoms with van der Waals surface area (Å²) < 4.78 is 0. The number of carbonyl (C=O) groups excluding carboxylic acids is 1. The predicted octanol–water partition coefficient (Wildman–Crippen LogP) is 4.00. The normalized spacial score (nSPS) is 10.0. The average molecular weight is 292 g/mol. The van der Waals surface area contributed by atoms with Crippen molar-refractivity contribution in [1.82, 2.24) is 0 Å². The summed E-state index contributed by atoms with van der Waals surface area (Å²) in [6.07, 6.45) is 2.00. The highest BCUT2D eigenvalue weighted by Gasteiger charge is 2.08. The number of benzene rings is 2. The lowest BCUT2D eigenvalue weighted by atomic mass is 10.0. The van der Waals surface area contributed by atoms with E-state index in [4.69, 9.17) is 5.26 Å². The monoisotopic (exact) mass is 292 g/mol. The van der Waals surface area contributed by atoms with Gasteiger partial charge in [0.05, 0.1) is 11.6 Å². The minimum absolute atomic E-state index is 0.0216. The maximum atomic E-state index is 12.2. The highest BCUT2D eigenvalue weighted by molar-refractivity contribution is 5.92. The van der Waals surface area contributed by atoms with Crippen molar-refractivity contribution < 1.29 is 4.79 Å². The minimum atomic E-state index is 0.0216. The number of amides is 1. The quantitative estimate of drug-likeness (QED) is 0.905. The molecule has 0 atom stereocenters. The van der Waals surface area contributed by atoms with E-state index in [1.165, 1.54) is 0 Å². The van der Waals surface area contributed by atoms with E-state index in [1.54, 1.807) is 12.1 Å². The van der Waals surface area contributed by atoms with Gasteiger partial charge in [-0.05, 0) is 48.6 Å². The van der Waals surface area contributed by atoms with Crippen LogP contribution in [-0.4, -0.2) is 5.91 Å². The second-order valence-corrected chi connectivity index (χ2v) is 5.32. The average Bonchev–Trinajstić information content (AvgIpc) is 2.55. The molecule has 2 aromatic carbocycles. The first-order chi connectivity index (χ1) is 10.6. The second kappa shape index (κ2) is 7.42. The summed E-state index contributed by atoms with van der Waals surface area (Å²) in [6, 6.07) is 15.5. The summed E-state index contributed by atoms with van der Waals surface area (Å²) in [7, 11) is 0. The fraction of sp³-hybridized carbons (Fsp3) is 0.263. The van der Waals surface area contributed by atoms with Crippen LogP contribution >= 0.6 is 0 Å².